The van der Waals surface area contributed by atoms with Crippen LogP contribution in [-0.2, 0) is 4.57 Å². The molecule has 0 aromatic rings. The molecule has 0 heterocycles. The fraction of sp³-hybridized carbons (Fsp3) is 1.00. The molecule has 34 valence electrons. The fourth-order valence-electron chi connectivity index (χ4n) is 0.0682. The van der Waals surface area contributed by atoms with Crippen LogP contribution in [0.2, 0.25) is 0 Å². The fourth-order valence-corrected chi connectivity index (χ4v) is 0.614. The molecule has 0 aliphatic rings. The Labute approximate surface area is 39.0 Å². The number of aliphatic hydroxyl groups excluding tert-OH is 1. The van der Waals surface area contributed by atoms with Crippen LogP contribution in [0.4, 0.5) is 0 Å². The van der Waals surface area contributed by atoms with Gasteiger partial charge < -0.3 is 0 Å². The summed E-state index contributed by atoms with van der Waals surface area (Å²) in [7, 11) is 0.547. The van der Waals surface area contributed by atoms with Crippen molar-refractivity contribution >= 4 is 15.6 Å². The van der Waals surface area contributed by atoms with Gasteiger partial charge in [0.2, 0.25) is 0 Å². The van der Waals surface area contributed by atoms with Gasteiger partial charge in [-0.3, -0.25) is 0 Å². The quantitative estimate of drug-likeness (QED) is 0.536. The molecule has 0 bridgehead atoms. The van der Waals surface area contributed by atoms with Crippen molar-refractivity contribution in [3.63, 3.8) is 0 Å². The van der Waals surface area contributed by atoms with Gasteiger partial charge in [-0.1, -0.05) is 0 Å². The summed E-state index contributed by atoms with van der Waals surface area (Å²) in [5.41, 5.74) is 0. The predicted octanol–water partition coefficient (Wildman–Crippen LogP) is 1.48. The van der Waals surface area contributed by atoms with Gasteiger partial charge in [-0.25, -0.2) is 0 Å². The minimum absolute atomic E-state index is 0.00386. The van der Waals surface area contributed by atoms with Gasteiger partial charge in [-0.15, -0.1) is 0 Å². The Hall–Kier alpha value is 0.490. The molecule has 0 spiro atoms. The number of hydrogen-bond acceptors (Lipinski definition) is 2. The molecule has 4 heteroatoms. The van der Waals surface area contributed by atoms with Crippen LogP contribution >= 0.6 is 15.6 Å². The molecular weight excluding hydrogens is 118 g/mol. The molecule has 0 aromatic carbocycles. The van der Waals surface area contributed by atoms with Crippen LogP contribution in [0.1, 0.15) is 6.92 Å². The van der Waals surface area contributed by atoms with Crippen molar-refractivity contribution in [1.82, 2.24) is 0 Å². The molecule has 0 rings (SSSR count). The molecule has 0 saturated carbocycles. The summed E-state index contributed by atoms with van der Waals surface area (Å²) >= 11 is 0. The van der Waals surface area contributed by atoms with Crippen molar-refractivity contribution in [2.75, 3.05) is 0 Å². The van der Waals surface area contributed by atoms with Gasteiger partial charge in [0.25, 0.3) is 0 Å². The van der Waals surface area contributed by atoms with Crippen molar-refractivity contribution in [2.45, 2.75) is 12.8 Å². The summed E-state index contributed by atoms with van der Waals surface area (Å²) in [6, 6.07) is 0. The third-order valence-electron chi connectivity index (χ3n) is 0.214. The van der Waals surface area contributed by atoms with Gasteiger partial charge >= 0.3 is 38.1 Å². The Morgan fingerprint density at radius 3 is 2.50 bits per heavy atom. The molecular formula is C2H5O2P2+. The van der Waals surface area contributed by atoms with Crippen molar-refractivity contribution in [1.29, 1.82) is 0 Å². The minimum atomic E-state index is -0.454. The molecule has 6 heavy (non-hydrogen) atoms. The number of hydrogen-bond donors (Lipinski definition) is 1. The summed E-state index contributed by atoms with van der Waals surface area (Å²) in [4.78, 5) is 0. The second-order valence-electron chi connectivity index (χ2n) is 0.829. The summed E-state index contributed by atoms with van der Waals surface area (Å²) < 4.78 is 9.54. The topological polar surface area (TPSA) is 37.3 Å². The Bertz CT molecular complexity index is 73.6. The van der Waals surface area contributed by atoms with Crippen molar-refractivity contribution in [3.05, 3.63) is 0 Å². The SMILES string of the molecule is CC(O)P=[P+]=O. The molecule has 0 aromatic heterocycles. The Morgan fingerprint density at radius 2 is 2.50 bits per heavy atom. The van der Waals surface area contributed by atoms with Crippen LogP contribution in [-0.4, -0.2) is 11.0 Å². The first-order valence-electron chi connectivity index (χ1n) is 1.48. The zero-order chi connectivity index (χ0) is 4.99. The van der Waals surface area contributed by atoms with E-state index in [1.54, 1.807) is 6.92 Å². The van der Waals surface area contributed by atoms with Crippen LogP contribution in [0, 0.1) is 0 Å². The van der Waals surface area contributed by atoms with E-state index in [2.05, 4.69) is 0 Å². The van der Waals surface area contributed by atoms with Gasteiger partial charge in [0.1, 0.15) is 0 Å². The molecule has 0 amide bonds. The Morgan fingerprint density at radius 1 is 2.00 bits per heavy atom. The zero-order valence-corrected chi connectivity index (χ0v) is 5.12. The van der Waals surface area contributed by atoms with Crippen molar-refractivity contribution in [3.8, 4) is 0 Å². The van der Waals surface area contributed by atoms with E-state index in [0.717, 1.165) is 0 Å². The summed E-state index contributed by atoms with van der Waals surface area (Å²) in [6.45, 7) is 1.59. The van der Waals surface area contributed by atoms with Gasteiger partial charge in [-0.2, -0.15) is 0 Å². The second-order valence-corrected chi connectivity index (χ2v) is 3.15. The zero-order valence-electron chi connectivity index (χ0n) is 3.33. The van der Waals surface area contributed by atoms with Gasteiger partial charge in [0.05, 0.1) is 0 Å². The van der Waals surface area contributed by atoms with E-state index in [1.807, 2.05) is 0 Å². The van der Waals surface area contributed by atoms with E-state index in [4.69, 9.17) is 5.11 Å². The van der Waals surface area contributed by atoms with E-state index in [0.29, 0.717) is 7.87 Å². The molecule has 0 saturated heterocycles. The first-order chi connectivity index (χ1) is 2.77. The average molecular weight is 123 g/mol. The first-order valence-corrected chi connectivity index (χ1v) is 3.96. The van der Waals surface area contributed by atoms with Gasteiger partial charge in [0, 0.05) is 0 Å². The van der Waals surface area contributed by atoms with Crippen LogP contribution in [0.15, 0.2) is 0 Å². The third kappa shape index (κ3) is 4.49. The molecule has 1 atom stereocenters. The molecule has 0 radical (unpaired) electrons. The second kappa shape index (κ2) is 3.67. The molecule has 0 aliphatic carbocycles. The third-order valence-corrected chi connectivity index (χ3v) is 1.93. The maximum atomic E-state index is 9.54. The summed E-state index contributed by atoms with van der Waals surface area (Å²) in [5, 5.41) is 8.33. The van der Waals surface area contributed by atoms with E-state index in [-0.39, 0.29) is 7.75 Å². The van der Waals surface area contributed by atoms with Crippen molar-refractivity contribution < 1.29 is 9.67 Å². The van der Waals surface area contributed by atoms with E-state index in [9.17, 15) is 4.57 Å². The Kier molecular flexibility index (Phi) is 3.97. The molecule has 0 fully saturated rings. The number of rotatable bonds is 1. The molecule has 2 nitrogen and oxygen atoms in total. The number of aliphatic hydroxyl groups is 1. The average Bonchev–Trinajstić information content (AvgIpc) is 1.35. The van der Waals surface area contributed by atoms with Crippen molar-refractivity contribution in [2.24, 2.45) is 0 Å². The Balaban J connectivity index is 3.29. The van der Waals surface area contributed by atoms with E-state index < -0.39 is 5.85 Å². The summed E-state index contributed by atoms with van der Waals surface area (Å²) in [5.74, 6) is -0.454. The monoisotopic (exact) mass is 123 g/mol. The molecule has 0 aliphatic heterocycles. The standard InChI is InChI=1S/C2H5O2P2/c1-2(3)5-6-4/h2-3H,1H3/q+1. The first kappa shape index (κ1) is 6.49. The predicted molar refractivity (Wildman–Crippen MR) is 26.2 cm³/mol. The molecule has 1 N–H and O–H groups in total. The van der Waals surface area contributed by atoms with Gasteiger partial charge in [-0.05, 0) is 0 Å². The van der Waals surface area contributed by atoms with E-state index in [1.165, 1.54) is 0 Å². The summed E-state index contributed by atoms with van der Waals surface area (Å²) in [6.07, 6.45) is 0. The van der Waals surface area contributed by atoms with Crippen LogP contribution < -0.4 is 0 Å². The van der Waals surface area contributed by atoms with Gasteiger partial charge in [0.15, 0.2) is 0 Å². The normalized spacial score (nSPS) is 14.3. The molecule has 1 unspecified atom stereocenters. The van der Waals surface area contributed by atoms with Crippen LogP contribution in [0.5, 0.6) is 0 Å². The van der Waals surface area contributed by atoms with Crippen LogP contribution in [0.3, 0.4) is 0 Å². The van der Waals surface area contributed by atoms with Crippen LogP contribution in [0.25, 0.3) is 0 Å². The van der Waals surface area contributed by atoms with E-state index >= 15 is 0 Å². The maximum absolute atomic E-state index is 9.54.